The number of likely N-dealkylation sites (N-methyl/N-ethyl adjacent to an activating group) is 5. The number of amides is 2. The van der Waals surface area contributed by atoms with Crippen molar-refractivity contribution >= 4 is 79.6 Å². The fraction of sp³-hybridized carbons (Fsp3) is 0.863. The molecule has 113 heavy (non-hydrogen) atoms. The average Bonchev–Trinajstić information content (AvgIpc) is 0.867. The Morgan fingerprint density at radius 1 is 0.319 bits per heavy atom. The van der Waals surface area contributed by atoms with Crippen molar-refractivity contribution in [3.05, 3.63) is 36.5 Å². The van der Waals surface area contributed by atoms with E-state index in [1.54, 1.807) is 20.8 Å². The van der Waals surface area contributed by atoms with Gasteiger partial charge in [-0.25, -0.2) is 14.4 Å². The lowest BCUT2D eigenvalue weighted by atomic mass is 10.3. The zero-order chi connectivity index (χ0) is 79.0. The molecule has 21 nitrogen and oxygen atoms in total. The number of hydrogen-bond donors (Lipinski definition) is 4. The van der Waals surface area contributed by atoms with Crippen LogP contribution in [0.3, 0.4) is 0 Å². The summed E-state index contributed by atoms with van der Waals surface area (Å²) < 4.78 is 40.7. The predicted molar refractivity (Wildman–Crippen MR) is 478 cm³/mol. The van der Waals surface area contributed by atoms with E-state index in [9.17, 15) is 29.1 Å². The molecular weight excluding hydrogens is 1840 g/mol. The van der Waals surface area contributed by atoms with Crippen LogP contribution in [-0.4, -0.2) is 326 Å². The van der Waals surface area contributed by atoms with Crippen LogP contribution in [0.1, 0.15) is 136 Å². The summed E-state index contributed by atoms with van der Waals surface area (Å²) in [5.41, 5.74) is 1.29. The molecule has 0 aliphatic rings. The third kappa shape index (κ3) is 88.1. The first-order chi connectivity index (χ1) is 45.8. The summed E-state index contributed by atoms with van der Waals surface area (Å²) in [7, 11) is 15.4. The van der Waals surface area contributed by atoms with E-state index >= 15 is 0 Å². The van der Waals surface area contributed by atoms with Gasteiger partial charge in [0, 0.05) is 42.8 Å². The van der Waals surface area contributed by atoms with E-state index in [0.29, 0.717) is 78.0 Å². The van der Waals surface area contributed by atoms with Crippen molar-refractivity contribution in [2.75, 3.05) is 209 Å². The van der Waals surface area contributed by atoms with Crippen molar-refractivity contribution in [2.24, 2.45) is 0 Å². The van der Waals surface area contributed by atoms with Crippen LogP contribution in [0.25, 0.3) is 0 Å². The molecule has 0 fully saturated rings. The molecule has 0 aromatic heterocycles. The summed E-state index contributed by atoms with van der Waals surface area (Å²) in [6.45, 7) is 59.2. The van der Waals surface area contributed by atoms with Crippen molar-refractivity contribution in [3.63, 3.8) is 0 Å². The van der Waals surface area contributed by atoms with E-state index in [0.717, 1.165) is 95.1 Å². The fourth-order valence-corrected chi connectivity index (χ4v) is 39.2. The molecule has 0 aliphatic carbocycles. The van der Waals surface area contributed by atoms with Crippen molar-refractivity contribution in [2.45, 2.75) is 251 Å². The Hall–Kier alpha value is -0.0687. The van der Waals surface area contributed by atoms with Gasteiger partial charge in [-0.2, -0.15) is 0 Å². The van der Waals surface area contributed by atoms with Crippen LogP contribution in [-0.2, 0) is 50.5 Å². The van der Waals surface area contributed by atoms with E-state index < -0.39 is 55.9 Å². The third-order valence-corrected chi connectivity index (χ3v) is 40.9. The van der Waals surface area contributed by atoms with Gasteiger partial charge in [-0.1, -0.05) is 71.2 Å². The van der Waals surface area contributed by atoms with Gasteiger partial charge in [-0.05, 0) is 193 Å². The number of hydrogen-bond acceptors (Lipinski definition) is 13. The highest BCUT2D eigenvalue weighted by Gasteiger charge is 2.36. The predicted octanol–water partition coefficient (Wildman–Crippen LogP) is -2.97. The molecule has 0 saturated carbocycles. The van der Waals surface area contributed by atoms with Gasteiger partial charge in [-0.3, -0.25) is 9.59 Å². The zero-order valence-corrected chi connectivity index (χ0v) is 87.1. The molecule has 0 aromatic rings. The quantitative estimate of drug-likeness (QED) is 0.0120. The monoisotopic (exact) mass is 2020 g/mol. The second-order valence-corrected chi connectivity index (χ2v) is 63.2. The Balaban J connectivity index is -0.0000000939. The van der Waals surface area contributed by atoms with Gasteiger partial charge in [0.15, 0.2) is 63.0 Å². The number of nitrogens with one attached hydrogen (secondary N) is 2. The topological polar surface area (TPSA) is 205 Å². The third-order valence-electron chi connectivity index (χ3n) is 18.3. The van der Waals surface area contributed by atoms with E-state index in [2.05, 4.69) is 172 Å². The normalized spacial score (nSPS) is 11.7. The van der Waals surface area contributed by atoms with Gasteiger partial charge in [0.2, 0.25) is 0 Å². The van der Waals surface area contributed by atoms with Crippen LogP contribution >= 0.6 is 0 Å². The SMILES string of the molecule is C.C.C.C.C.C.C=C(C)C(=O)OCC[N+](C)(C)CC(=O)NCCC[Si](C)(C)O[Si](C)(C)CCCNC(=O)C[N+](C)(C)CCCO.C=C(C)C(=O)OCC[N+](C)(C)CCCC[Si](C)(C)O[Si](C)(C)CCCC[N+](C)(C)CCO.C=C(C)C(=O)OCC[N+](C)(C)CCC[Si](C)(C)O[Si](C)(C)CCC[N+](C)(C)CCC.[Br-].[Br-].[Br-].[Br-].[Cl-].[Cl-]. The first-order valence-corrected chi connectivity index (χ1v) is 56.8. The molecule has 0 aliphatic heterocycles. The summed E-state index contributed by atoms with van der Waals surface area (Å²) in [5, 5.41) is 24.2. The minimum absolute atomic E-state index is 0. The summed E-state index contributed by atoms with van der Waals surface area (Å²) in [6.07, 6.45) is 10.9. The fourth-order valence-electron chi connectivity index (χ4n) is 12.5. The zero-order valence-electron chi connectivity index (χ0n) is 73.2. The lowest BCUT2D eigenvalue weighted by molar-refractivity contribution is -0.890. The van der Waals surface area contributed by atoms with Crippen LogP contribution in [0, 0.1) is 0 Å². The lowest BCUT2D eigenvalue weighted by Gasteiger charge is -2.36. The van der Waals surface area contributed by atoms with Crippen LogP contribution in [0.5, 0.6) is 0 Å². The van der Waals surface area contributed by atoms with Gasteiger partial charge in [0.1, 0.15) is 46.0 Å². The minimum Gasteiger partial charge on any atom is -1.00 e. The van der Waals surface area contributed by atoms with Crippen molar-refractivity contribution in [1.29, 1.82) is 0 Å². The van der Waals surface area contributed by atoms with E-state index in [1.165, 1.54) is 75.8 Å². The maximum absolute atomic E-state index is 12.4. The van der Waals surface area contributed by atoms with Crippen molar-refractivity contribution < 1.29 is 180 Å². The maximum Gasteiger partial charge on any atom is 0.333 e. The molecule has 0 rings (SSSR count). The number of aliphatic hydroxyl groups excluding tert-OH is 2. The molecule has 0 spiro atoms. The first kappa shape index (κ1) is 148. The molecule has 2 amide bonds. The highest BCUT2D eigenvalue weighted by Crippen LogP contribution is 2.28. The van der Waals surface area contributed by atoms with E-state index in [-0.39, 0.29) is 181 Å². The second kappa shape index (κ2) is 71.4. The molecule has 0 atom stereocenters. The number of quaternary nitrogens is 6. The maximum atomic E-state index is 12.4. The summed E-state index contributed by atoms with van der Waals surface area (Å²) in [5.74, 6) is -0.964. The molecule has 0 radical (unpaired) electrons. The standard InChI is InChI=1S/C27H56N4O6Si2.C24H54N2O4Si2.C23H52N2O3Si2.6CH4.4BrH.2ClH/c1-24(2)27(35)36-19-17-31(5,6)23-26(34)29-15-12-21-39(9,10)37-38(7,8)20-11-14-28-25(33)22-30(3,4)16-13-18-32;1-23(2)24(28)29-20-18-26(5,6)16-12-14-22-32(9,10)30-31(7,8)21-13-11-15-25(3,4)17-19-27;1-12-15-24(4,5)16-13-20-29(8,9)28-30(10,11)21-14-17-25(6,7)18-19-27-23(26)22(2)3;;;;;;;;;;;;/h32H,1,11-23H2,2-10H3;27H,1,11-22H2,2-10H3;2,12-21H2,1,3-11H3;6*1H4;6*1H/q;2*+2;;;;;;;;;;;;/p-4. The lowest BCUT2D eigenvalue weighted by Crippen LogP contribution is -3.00. The van der Waals surface area contributed by atoms with Gasteiger partial charge in [-0.15, -0.1) is 0 Å². The second-order valence-electron chi connectivity index (χ2n) is 36.6. The van der Waals surface area contributed by atoms with E-state index in [4.69, 9.17) is 31.7 Å². The van der Waals surface area contributed by atoms with Crippen LogP contribution < -0.4 is 103 Å². The number of rotatable bonds is 55. The van der Waals surface area contributed by atoms with Gasteiger partial charge in [0.05, 0.1) is 130 Å². The molecule has 0 unspecified atom stereocenters. The molecule has 692 valence electrons. The number of unbranched alkanes of at least 4 members (excludes halogenated alkanes) is 2. The van der Waals surface area contributed by atoms with Crippen LogP contribution in [0.4, 0.5) is 0 Å². The molecule has 0 saturated heterocycles. The van der Waals surface area contributed by atoms with Gasteiger partial charge >= 0.3 is 17.9 Å². The molecule has 0 bridgehead atoms. The Morgan fingerprint density at radius 2 is 0.540 bits per heavy atom. The largest absolute Gasteiger partial charge is 1.00 e. The Labute approximate surface area is 761 Å². The Morgan fingerprint density at radius 3 is 0.796 bits per heavy atom. The highest BCUT2D eigenvalue weighted by atomic mass is 79.9. The van der Waals surface area contributed by atoms with Crippen LogP contribution in [0.15, 0.2) is 36.5 Å². The smallest absolute Gasteiger partial charge is 0.333 e. The molecule has 33 heteroatoms. The van der Waals surface area contributed by atoms with Crippen LogP contribution in [0.2, 0.25) is 115 Å². The van der Waals surface area contributed by atoms with Crippen molar-refractivity contribution in [1.82, 2.24) is 10.6 Å². The molecule has 0 heterocycles. The number of ether oxygens (including phenoxy) is 3. The number of carbonyl (C=O) groups is 5. The first-order valence-electron chi connectivity index (χ1n) is 38.1. The van der Waals surface area contributed by atoms with Gasteiger partial charge in [0.25, 0.3) is 11.8 Å². The van der Waals surface area contributed by atoms with Crippen molar-refractivity contribution in [3.8, 4) is 0 Å². The number of esters is 3. The van der Waals surface area contributed by atoms with Gasteiger partial charge < -0.3 is 167 Å². The Kier molecular flexibility index (Phi) is 93.2. The number of carbonyl (C=O) groups excluding carboxylic acids is 5. The number of halogens is 6. The minimum atomic E-state index is -1.88. The molecular formula is C80H188Br4Cl2N8O13Si6. The summed E-state index contributed by atoms with van der Waals surface area (Å²) >= 11 is 0. The molecule has 4 N–H and O–H groups in total. The summed E-state index contributed by atoms with van der Waals surface area (Å²) in [6, 6.07) is 6.82. The average molecular weight is 2030 g/mol. The number of nitrogens with zero attached hydrogens (tertiary/aromatic N) is 6. The summed E-state index contributed by atoms with van der Waals surface area (Å²) in [4.78, 5) is 59.3. The van der Waals surface area contributed by atoms with E-state index in [1.807, 2.05) is 28.2 Å². The molecule has 0 aromatic carbocycles. The Bertz CT molecular complexity index is 2480. The number of aliphatic hydroxyl groups is 2. The highest BCUT2D eigenvalue weighted by molar-refractivity contribution is 6.86.